The third kappa shape index (κ3) is 3.10. The largest absolute Gasteiger partial charge is 0.437 e. The summed E-state index contributed by atoms with van der Waals surface area (Å²) in [6, 6.07) is 6.31. The molecule has 0 saturated heterocycles. The van der Waals surface area contributed by atoms with Crippen LogP contribution in [0.1, 0.15) is 5.56 Å². The molecule has 0 aliphatic carbocycles. The Labute approximate surface area is 124 Å². The fraction of sp³-hybridized carbons (Fsp3) is 0. The van der Waals surface area contributed by atoms with Crippen LogP contribution in [0.15, 0.2) is 30.5 Å². The van der Waals surface area contributed by atoms with Crippen LogP contribution >= 0.6 is 34.8 Å². The van der Waals surface area contributed by atoms with Crippen molar-refractivity contribution in [2.24, 2.45) is 5.73 Å². The first-order valence-corrected chi connectivity index (χ1v) is 6.24. The number of halogens is 3. The maximum atomic E-state index is 7.39. The molecule has 0 fully saturated rings. The molecule has 19 heavy (non-hydrogen) atoms. The third-order valence-corrected chi connectivity index (χ3v) is 3.36. The lowest BCUT2D eigenvalue weighted by Crippen LogP contribution is -2.12. The van der Waals surface area contributed by atoms with Gasteiger partial charge in [0, 0.05) is 17.8 Å². The van der Waals surface area contributed by atoms with Crippen molar-refractivity contribution in [2.45, 2.75) is 0 Å². The van der Waals surface area contributed by atoms with E-state index in [9.17, 15) is 0 Å². The highest BCUT2D eigenvalue weighted by atomic mass is 35.5. The number of hydrogen-bond acceptors (Lipinski definition) is 3. The summed E-state index contributed by atoms with van der Waals surface area (Å²) < 4.78 is 5.50. The van der Waals surface area contributed by atoms with E-state index in [-0.39, 0.29) is 16.7 Å². The molecule has 0 unspecified atom stereocenters. The number of aromatic nitrogens is 1. The summed E-state index contributed by atoms with van der Waals surface area (Å²) in [4.78, 5) is 3.99. The second kappa shape index (κ2) is 5.65. The van der Waals surface area contributed by atoms with Crippen molar-refractivity contribution in [2.75, 3.05) is 0 Å². The number of nitrogens with zero attached hydrogens (tertiary/aromatic N) is 1. The number of nitrogens with two attached hydrogens (primary N) is 1. The van der Waals surface area contributed by atoms with Gasteiger partial charge in [-0.1, -0.05) is 34.8 Å². The van der Waals surface area contributed by atoms with E-state index in [1.165, 1.54) is 12.3 Å². The fourth-order valence-electron chi connectivity index (χ4n) is 1.36. The highest BCUT2D eigenvalue weighted by Crippen LogP contribution is 2.32. The number of ether oxygens (including phenoxy) is 1. The zero-order valence-corrected chi connectivity index (χ0v) is 11.7. The summed E-state index contributed by atoms with van der Waals surface area (Å²) in [7, 11) is 0. The summed E-state index contributed by atoms with van der Waals surface area (Å²) in [6.45, 7) is 0. The Balaban J connectivity index is 2.35. The average Bonchev–Trinajstić information content (AvgIpc) is 2.36. The first-order chi connectivity index (χ1) is 8.99. The Morgan fingerprint density at radius 1 is 1.16 bits per heavy atom. The van der Waals surface area contributed by atoms with Gasteiger partial charge < -0.3 is 10.5 Å². The van der Waals surface area contributed by atoms with Crippen molar-refractivity contribution in [3.05, 3.63) is 51.1 Å². The van der Waals surface area contributed by atoms with Gasteiger partial charge in [-0.2, -0.15) is 0 Å². The van der Waals surface area contributed by atoms with Crippen LogP contribution in [-0.4, -0.2) is 10.8 Å². The Hall–Kier alpha value is -1.49. The molecule has 4 nitrogen and oxygen atoms in total. The van der Waals surface area contributed by atoms with Gasteiger partial charge in [-0.05, 0) is 18.2 Å². The number of nitrogens with one attached hydrogen (secondary N) is 1. The lowest BCUT2D eigenvalue weighted by molar-refractivity contribution is 0.463. The second-order valence-electron chi connectivity index (χ2n) is 3.57. The first kappa shape index (κ1) is 13.9. The number of amidine groups is 1. The van der Waals surface area contributed by atoms with Gasteiger partial charge >= 0.3 is 0 Å². The number of rotatable bonds is 3. The van der Waals surface area contributed by atoms with Crippen molar-refractivity contribution in [3.8, 4) is 11.6 Å². The molecule has 0 spiro atoms. The van der Waals surface area contributed by atoms with Crippen molar-refractivity contribution in [1.29, 1.82) is 5.41 Å². The molecule has 0 aliphatic rings. The molecule has 0 bridgehead atoms. The van der Waals surface area contributed by atoms with Crippen molar-refractivity contribution >= 4 is 40.6 Å². The molecule has 0 saturated carbocycles. The van der Waals surface area contributed by atoms with Gasteiger partial charge in [0.1, 0.15) is 16.6 Å². The van der Waals surface area contributed by atoms with Crippen LogP contribution in [0.5, 0.6) is 11.6 Å². The average molecular weight is 317 g/mol. The zero-order chi connectivity index (χ0) is 14.0. The summed E-state index contributed by atoms with van der Waals surface area (Å²) in [5, 5.41) is 8.34. The van der Waals surface area contributed by atoms with Crippen molar-refractivity contribution in [3.63, 3.8) is 0 Å². The van der Waals surface area contributed by atoms with Gasteiger partial charge in [-0.15, -0.1) is 0 Å². The minimum atomic E-state index is -0.161. The molecule has 0 atom stereocenters. The van der Waals surface area contributed by atoms with Crippen LogP contribution in [0, 0.1) is 5.41 Å². The highest BCUT2D eigenvalue weighted by molar-refractivity contribution is 6.42. The molecule has 1 aromatic carbocycles. The Bertz CT molecular complexity index is 646. The lowest BCUT2D eigenvalue weighted by atomic mass is 10.2. The molecule has 1 heterocycles. The molecular weight excluding hydrogens is 309 g/mol. The Morgan fingerprint density at radius 3 is 2.53 bits per heavy atom. The maximum Gasteiger partial charge on any atom is 0.238 e. The third-order valence-electron chi connectivity index (χ3n) is 2.25. The number of hydrogen-bond donors (Lipinski definition) is 2. The van der Waals surface area contributed by atoms with Crippen molar-refractivity contribution < 1.29 is 4.74 Å². The maximum absolute atomic E-state index is 7.39. The highest BCUT2D eigenvalue weighted by Gasteiger charge is 2.12. The number of benzene rings is 1. The normalized spacial score (nSPS) is 10.3. The molecule has 3 N–H and O–H groups in total. The van der Waals surface area contributed by atoms with E-state index in [4.69, 9.17) is 50.7 Å². The van der Waals surface area contributed by atoms with Crippen LogP contribution < -0.4 is 10.5 Å². The molecule has 0 amide bonds. The summed E-state index contributed by atoms with van der Waals surface area (Å²) >= 11 is 17.7. The van der Waals surface area contributed by atoms with Gasteiger partial charge in [0.05, 0.1) is 10.0 Å². The number of pyridine rings is 1. The van der Waals surface area contributed by atoms with E-state index in [1.54, 1.807) is 18.2 Å². The molecule has 2 aromatic rings. The fourth-order valence-corrected chi connectivity index (χ4v) is 1.90. The van der Waals surface area contributed by atoms with Crippen LogP contribution in [-0.2, 0) is 0 Å². The molecule has 1 aromatic heterocycles. The predicted octanol–water partition coefficient (Wildman–Crippen LogP) is 4.12. The van der Waals surface area contributed by atoms with E-state index in [0.29, 0.717) is 21.4 Å². The van der Waals surface area contributed by atoms with Gasteiger partial charge in [-0.25, -0.2) is 4.98 Å². The topological polar surface area (TPSA) is 72.0 Å². The Morgan fingerprint density at radius 2 is 1.89 bits per heavy atom. The van der Waals surface area contributed by atoms with Gasteiger partial charge in [0.2, 0.25) is 5.88 Å². The van der Waals surface area contributed by atoms with Crippen LogP contribution in [0.4, 0.5) is 0 Å². The quantitative estimate of drug-likeness (QED) is 0.661. The minimum absolute atomic E-state index is 0.146. The van der Waals surface area contributed by atoms with E-state index < -0.39 is 0 Å². The van der Waals surface area contributed by atoms with Crippen molar-refractivity contribution in [1.82, 2.24) is 4.98 Å². The molecule has 7 heteroatoms. The summed E-state index contributed by atoms with van der Waals surface area (Å²) in [5.41, 5.74) is 5.75. The van der Waals surface area contributed by atoms with Crippen LogP contribution in [0.3, 0.4) is 0 Å². The summed E-state index contributed by atoms with van der Waals surface area (Å²) in [6.07, 6.45) is 1.45. The molecule has 0 aliphatic heterocycles. The van der Waals surface area contributed by atoms with Crippen LogP contribution in [0.25, 0.3) is 0 Å². The Kier molecular flexibility index (Phi) is 4.14. The molecular formula is C12H8Cl3N3O. The lowest BCUT2D eigenvalue weighted by Gasteiger charge is -2.09. The first-order valence-electron chi connectivity index (χ1n) is 5.11. The molecule has 98 valence electrons. The predicted molar refractivity (Wildman–Crippen MR) is 76.8 cm³/mol. The SMILES string of the molecule is N=C(N)c1ccnc(Oc2ccc(Cl)c(Cl)c2)c1Cl. The molecule has 0 radical (unpaired) electrons. The zero-order valence-electron chi connectivity index (χ0n) is 9.45. The minimum Gasteiger partial charge on any atom is -0.437 e. The molecule has 2 rings (SSSR count). The van der Waals surface area contributed by atoms with Gasteiger partial charge in [-0.3, -0.25) is 5.41 Å². The van der Waals surface area contributed by atoms with Gasteiger partial charge in [0.15, 0.2) is 0 Å². The van der Waals surface area contributed by atoms with Gasteiger partial charge in [0.25, 0.3) is 0 Å². The smallest absolute Gasteiger partial charge is 0.238 e. The van der Waals surface area contributed by atoms with E-state index in [0.717, 1.165) is 0 Å². The van der Waals surface area contributed by atoms with E-state index in [1.807, 2.05) is 0 Å². The number of nitrogen functional groups attached to an aromatic ring is 1. The monoisotopic (exact) mass is 315 g/mol. The summed E-state index contributed by atoms with van der Waals surface area (Å²) in [5.74, 6) is 0.420. The second-order valence-corrected chi connectivity index (χ2v) is 4.76. The van der Waals surface area contributed by atoms with E-state index in [2.05, 4.69) is 4.98 Å². The van der Waals surface area contributed by atoms with Crippen LogP contribution in [0.2, 0.25) is 15.1 Å². The standard InChI is InChI=1S/C12H8Cl3N3O/c13-8-2-1-6(5-9(8)14)19-12-10(15)7(11(16)17)3-4-18-12/h1-5H,(H3,16,17). The van der Waals surface area contributed by atoms with E-state index >= 15 is 0 Å².